The highest BCUT2D eigenvalue weighted by Crippen LogP contribution is 2.23. The Morgan fingerprint density at radius 1 is 1.24 bits per heavy atom. The summed E-state index contributed by atoms with van der Waals surface area (Å²) in [7, 11) is 0. The van der Waals surface area contributed by atoms with E-state index in [2.05, 4.69) is 5.32 Å². The molecule has 3 aromatic rings. The van der Waals surface area contributed by atoms with Crippen molar-refractivity contribution in [1.82, 2.24) is 5.32 Å². The van der Waals surface area contributed by atoms with Crippen LogP contribution in [0.1, 0.15) is 22.5 Å². The maximum Gasteiger partial charge on any atom is 0.272 e. The first-order chi connectivity index (χ1) is 13.9. The second-order valence-electron chi connectivity index (χ2n) is 6.49. The van der Waals surface area contributed by atoms with E-state index in [1.165, 1.54) is 6.07 Å². The molecule has 0 aliphatic carbocycles. The van der Waals surface area contributed by atoms with Gasteiger partial charge in [-0.15, -0.1) is 0 Å². The highest BCUT2D eigenvalue weighted by Gasteiger charge is 2.20. The van der Waals surface area contributed by atoms with Gasteiger partial charge in [-0.2, -0.15) is 4.57 Å². The SMILES string of the molecule is Cc1ccc[n+](/C(C(=S)NCc2ccco2)=C(/[O-])c2ccc(C)c([N+](=O)[O-])c2)c1. The largest absolute Gasteiger partial charge is 0.867 e. The zero-order valence-corrected chi connectivity index (χ0v) is 16.7. The Labute approximate surface area is 173 Å². The van der Waals surface area contributed by atoms with Gasteiger partial charge >= 0.3 is 0 Å². The van der Waals surface area contributed by atoms with Gasteiger partial charge in [0.1, 0.15) is 5.76 Å². The van der Waals surface area contributed by atoms with Crippen LogP contribution in [0.5, 0.6) is 0 Å². The molecule has 0 atom stereocenters. The summed E-state index contributed by atoms with van der Waals surface area (Å²) in [4.78, 5) is 11.0. The number of benzene rings is 1. The Bertz CT molecular complexity index is 1090. The molecule has 3 rings (SSSR count). The molecule has 2 heterocycles. The second-order valence-corrected chi connectivity index (χ2v) is 6.89. The van der Waals surface area contributed by atoms with Gasteiger partial charge in [0.05, 0.1) is 17.7 Å². The smallest absolute Gasteiger partial charge is 0.272 e. The Morgan fingerprint density at radius 2 is 2.03 bits per heavy atom. The molecule has 2 aromatic heterocycles. The van der Waals surface area contributed by atoms with E-state index in [1.54, 1.807) is 60.5 Å². The fraction of sp³-hybridized carbons (Fsp3) is 0.143. The maximum atomic E-state index is 13.3. The summed E-state index contributed by atoms with van der Waals surface area (Å²) in [5, 5.41) is 27.6. The molecule has 1 aromatic carbocycles. The van der Waals surface area contributed by atoms with Crippen LogP contribution in [0.15, 0.2) is 65.5 Å². The number of nitrogens with one attached hydrogen (secondary N) is 1. The third kappa shape index (κ3) is 4.67. The fourth-order valence-electron chi connectivity index (χ4n) is 2.82. The molecule has 0 spiro atoms. The van der Waals surface area contributed by atoms with Crippen molar-refractivity contribution in [1.29, 1.82) is 0 Å². The van der Waals surface area contributed by atoms with Crippen molar-refractivity contribution in [3.05, 3.63) is 93.7 Å². The van der Waals surface area contributed by atoms with Gasteiger partial charge < -0.3 is 14.8 Å². The quantitative estimate of drug-likeness (QED) is 0.168. The van der Waals surface area contributed by atoms with E-state index in [9.17, 15) is 15.2 Å². The number of thiocarbonyl (C=S) groups is 1. The zero-order chi connectivity index (χ0) is 21.0. The van der Waals surface area contributed by atoms with Crippen molar-refractivity contribution >= 4 is 34.3 Å². The van der Waals surface area contributed by atoms with Gasteiger partial charge in [-0.3, -0.25) is 10.1 Å². The molecule has 0 amide bonds. The van der Waals surface area contributed by atoms with Crippen molar-refractivity contribution in [2.24, 2.45) is 0 Å². The number of nitrogens with zero attached hydrogens (tertiary/aromatic N) is 2. The third-order valence-electron chi connectivity index (χ3n) is 4.31. The van der Waals surface area contributed by atoms with E-state index >= 15 is 0 Å². The van der Waals surface area contributed by atoms with E-state index in [4.69, 9.17) is 16.6 Å². The first-order valence-electron chi connectivity index (χ1n) is 8.82. The lowest BCUT2D eigenvalue weighted by Crippen LogP contribution is -2.42. The highest BCUT2D eigenvalue weighted by molar-refractivity contribution is 7.81. The normalized spacial score (nSPS) is 11.7. The molecule has 148 valence electrons. The summed E-state index contributed by atoms with van der Waals surface area (Å²) < 4.78 is 6.92. The third-order valence-corrected chi connectivity index (χ3v) is 4.65. The van der Waals surface area contributed by atoms with E-state index in [-0.39, 0.29) is 21.9 Å². The minimum absolute atomic E-state index is 0.112. The van der Waals surface area contributed by atoms with Crippen LogP contribution >= 0.6 is 12.2 Å². The molecule has 8 heteroatoms. The topological polar surface area (TPSA) is 95.2 Å². The molecule has 0 radical (unpaired) electrons. The average Bonchev–Trinajstić information content (AvgIpc) is 3.20. The molecular weight excluding hydrogens is 390 g/mol. The summed E-state index contributed by atoms with van der Waals surface area (Å²) in [6, 6.07) is 11.7. The first-order valence-corrected chi connectivity index (χ1v) is 9.23. The van der Waals surface area contributed by atoms with Gasteiger partial charge in [-0.05, 0) is 43.4 Å². The molecule has 0 unspecified atom stereocenters. The lowest BCUT2D eigenvalue weighted by atomic mass is 10.1. The number of pyridine rings is 1. The number of aromatic nitrogens is 1. The molecule has 1 N–H and O–H groups in total. The van der Waals surface area contributed by atoms with Crippen LogP contribution in [0.25, 0.3) is 11.5 Å². The van der Waals surface area contributed by atoms with Crippen molar-refractivity contribution in [3.63, 3.8) is 0 Å². The highest BCUT2D eigenvalue weighted by atomic mass is 32.1. The van der Waals surface area contributed by atoms with Crippen molar-refractivity contribution < 1.29 is 19.0 Å². The fourth-order valence-corrected chi connectivity index (χ4v) is 3.09. The molecule has 0 fully saturated rings. The molecule has 7 nitrogen and oxygen atoms in total. The molecule has 0 saturated heterocycles. The number of nitro benzene ring substituents is 1. The maximum absolute atomic E-state index is 13.3. The molecule has 0 saturated carbocycles. The van der Waals surface area contributed by atoms with E-state index in [0.717, 1.165) is 5.56 Å². The van der Waals surface area contributed by atoms with Crippen LogP contribution in [-0.4, -0.2) is 9.91 Å². The van der Waals surface area contributed by atoms with Gasteiger partial charge in [0.2, 0.25) is 5.70 Å². The minimum Gasteiger partial charge on any atom is -0.867 e. The summed E-state index contributed by atoms with van der Waals surface area (Å²) in [5.74, 6) is 0.250. The summed E-state index contributed by atoms with van der Waals surface area (Å²) >= 11 is 5.49. The van der Waals surface area contributed by atoms with Crippen molar-refractivity contribution in [2.45, 2.75) is 20.4 Å². The standard InChI is InChI=1S/C21H19N3O4S/c1-14-5-3-9-23(13-14)19(21(29)22-12-17-6-4-10-28-17)20(25)16-8-7-15(2)18(11-16)24(26)27/h3-11,13H,12H2,1-2H3,(H-,22,25,29). The zero-order valence-electron chi connectivity index (χ0n) is 15.9. The van der Waals surface area contributed by atoms with Gasteiger partial charge in [0.25, 0.3) is 5.69 Å². The van der Waals surface area contributed by atoms with Crippen LogP contribution in [0.2, 0.25) is 0 Å². The van der Waals surface area contributed by atoms with Crippen molar-refractivity contribution in [2.75, 3.05) is 0 Å². The average molecular weight is 409 g/mol. The van der Waals surface area contributed by atoms with Crippen LogP contribution in [-0.2, 0) is 6.54 Å². The van der Waals surface area contributed by atoms with Crippen molar-refractivity contribution in [3.8, 4) is 0 Å². The number of furan rings is 1. The van der Waals surface area contributed by atoms with Gasteiger partial charge in [-0.1, -0.05) is 24.4 Å². The molecule has 0 bridgehead atoms. The second kappa shape index (κ2) is 8.66. The lowest BCUT2D eigenvalue weighted by Gasteiger charge is -2.17. The summed E-state index contributed by atoms with van der Waals surface area (Å²) in [6.07, 6.45) is 5.04. The van der Waals surface area contributed by atoms with E-state index in [1.807, 2.05) is 13.0 Å². The number of hydrogen-bond donors (Lipinski definition) is 1. The van der Waals surface area contributed by atoms with E-state index in [0.29, 0.717) is 17.9 Å². The number of nitro groups is 1. The predicted octanol–water partition coefficient (Wildman–Crippen LogP) is 2.90. The molecule has 0 aliphatic rings. The number of aryl methyl sites for hydroxylation is 2. The van der Waals surface area contributed by atoms with Crippen LogP contribution < -0.4 is 15.0 Å². The summed E-state index contributed by atoms with van der Waals surface area (Å²) in [6.45, 7) is 3.83. The van der Waals surface area contributed by atoms with Crippen LogP contribution in [0.4, 0.5) is 5.69 Å². The first kappa shape index (κ1) is 20.2. The van der Waals surface area contributed by atoms with Crippen LogP contribution in [0, 0.1) is 24.0 Å². The van der Waals surface area contributed by atoms with Crippen LogP contribution in [0.3, 0.4) is 0 Å². The Kier molecular flexibility index (Phi) is 6.04. The number of rotatable bonds is 6. The molecule has 29 heavy (non-hydrogen) atoms. The monoisotopic (exact) mass is 409 g/mol. The minimum atomic E-state index is -0.501. The summed E-state index contributed by atoms with van der Waals surface area (Å²) in [5.41, 5.74) is 1.69. The predicted molar refractivity (Wildman–Crippen MR) is 110 cm³/mol. The van der Waals surface area contributed by atoms with Gasteiger partial charge in [-0.25, -0.2) is 0 Å². The van der Waals surface area contributed by atoms with Gasteiger partial charge in [0.15, 0.2) is 17.4 Å². The molecule has 0 aliphatic heterocycles. The lowest BCUT2D eigenvalue weighted by molar-refractivity contribution is -0.578. The Balaban J connectivity index is 2.07. The van der Waals surface area contributed by atoms with E-state index < -0.39 is 10.7 Å². The molecular formula is C21H19N3O4S. The number of hydrogen-bond acceptors (Lipinski definition) is 5. The Morgan fingerprint density at radius 3 is 2.69 bits per heavy atom. The Hall–Kier alpha value is -3.52. The van der Waals surface area contributed by atoms with Gasteiger partial charge in [0, 0.05) is 23.3 Å².